The Morgan fingerprint density at radius 1 is 1.09 bits per heavy atom. The van der Waals surface area contributed by atoms with Gasteiger partial charge in [-0.2, -0.15) is 0 Å². The van der Waals surface area contributed by atoms with E-state index in [0.29, 0.717) is 12.8 Å². The Balaban J connectivity index is 1.95. The van der Waals surface area contributed by atoms with Crippen LogP contribution < -0.4 is 9.86 Å². The molecule has 0 amide bonds. The average Bonchev–Trinajstić information content (AvgIpc) is 2.96. The molecule has 3 N–H and O–H groups in total. The summed E-state index contributed by atoms with van der Waals surface area (Å²) in [5, 5.41) is 8.51. The number of hydrogen-bond acceptors (Lipinski definition) is 6. The number of benzene rings is 1. The van der Waals surface area contributed by atoms with Crippen molar-refractivity contribution in [3.05, 3.63) is 42.3 Å². The maximum atomic E-state index is 12.0. The number of primary sulfonamides is 1. The largest absolute Gasteiger partial charge is 0.364 e. The normalized spacial score (nSPS) is 12.4. The third kappa shape index (κ3) is 4.37. The van der Waals surface area contributed by atoms with E-state index in [9.17, 15) is 16.8 Å². The predicted molar refractivity (Wildman–Crippen MR) is 77.8 cm³/mol. The summed E-state index contributed by atoms with van der Waals surface area (Å²) < 4.78 is 53.4. The zero-order valence-corrected chi connectivity index (χ0v) is 13.1. The lowest BCUT2D eigenvalue weighted by Gasteiger charge is -2.07. The fourth-order valence-corrected chi connectivity index (χ4v) is 3.33. The Hall–Kier alpha value is -1.75. The van der Waals surface area contributed by atoms with Crippen LogP contribution >= 0.6 is 0 Å². The van der Waals surface area contributed by atoms with Gasteiger partial charge in [-0.05, 0) is 37.1 Å². The van der Waals surface area contributed by atoms with E-state index >= 15 is 0 Å². The van der Waals surface area contributed by atoms with E-state index in [0.717, 1.165) is 17.7 Å². The molecule has 0 unspecified atom stereocenters. The Morgan fingerprint density at radius 3 is 2.27 bits per heavy atom. The molecule has 0 aliphatic carbocycles. The summed E-state index contributed by atoms with van der Waals surface area (Å²) in [6.45, 7) is 0.241. The number of aryl methyl sites for hydroxylation is 1. The second-order valence-electron chi connectivity index (χ2n) is 4.55. The van der Waals surface area contributed by atoms with Crippen LogP contribution in [-0.2, 0) is 26.5 Å². The van der Waals surface area contributed by atoms with Gasteiger partial charge >= 0.3 is 0 Å². The van der Waals surface area contributed by atoms with Gasteiger partial charge in [-0.25, -0.2) is 26.7 Å². The van der Waals surface area contributed by atoms with Gasteiger partial charge in [-0.15, -0.1) is 0 Å². The quantitative estimate of drug-likeness (QED) is 0.690. The number of nitrogens with one attached hydrogen (secondary N) is 1. The Labute approximate surface area is 128 Å². The number of hydrogen-bond donors (Lipinski definition) is 2. The van der Waals surface area contributed by atoms with E-state index in [2.05, 4.69) is 14.4 Å². The van der Waals surface area contributed by atoms with Crippen LogP contribution in [0.15, 0.2) is 51.0 Å². The molecule has 2 rings (SSSR count). The Morgan fingerprint density at radius 2 is 1.73 bits per heavy atom. The first-order chi connectivity index (χ1) is 10.3. The molecule has 2 aromatic rings. The summed E-state index contributed by atoms with van der Waals surface area (Å²) in [4.78, 5) is -0.163. The van der Waals surface area contributed by atoms with Crippen molar-refractivity contribution in [3.8, 4) is 0 Å². The lowest BCUT2D eigenvalue weighted by molar-refractivity contribution is 0.418. The van der Waals surface area contributed by atoms with E-state index in [1.807, 2.05) is 0 Å². The van der Waals surface area contributed by atoms with Crippen LogP contribution in [0.2, 0.25) is 0 Å². The molecule has 0 atom stereocenters. The van der Waals surface area contributed by atoms with Crippen molar-refractivity contribution in [1.29, 1.82) is 0 Å². The fourth-order valence-electron chi connectivity index (χ4n) is 1.74. The molecule has 0 aliphatic heterocycles. The number of sulfonamides is 2. The highest BCUT2D eigenvalue weighted by atomic mass is 32.2. The van der Waals surface area contributed by atoms with E-state index in [4.69, 9.17) is 5.14 Å². The van der Waals surface area contributed by atoms with E-state index < -0.39 is 20.0 Å². The van der Waals surface area contributed by atoms with Crippen LogP contribution in [0.5, 0.6) is 0 Å². The number of rotatable bonds is 7. The topological polar surface area (TPSA) is 132 Å². The molecule has 22 heavy (non-hydrogen) atoms. The van der Waals surface area contributed by atoms with Crippen molar-refractivity contribution in [1.82, 2.24) is 9.88 Å². The highest BCUT2D eigenvalue weighted by Crippen LogP contribution is 2.13. The average molecular weight is 345 g/mol. The van der Waals surface area contributed by atoms with Crippen molar-refractivity contribution in [3.63, 3.8) is 0 Å². The molecule has 1 heterocycles. The second-order valence-corrected chi connectivity index (χ2v) is 7.88. The monoisotopic (exact) mass is 345 g/mol. The number of aromatic nitrogens is 1. The second kappa shape index (κ2) is 6.57. The molecule has 0 saturated heterocycles. The van der Waals surface area contributed by atoms with Crippen molar-refractivity contribution < 1.29 is 21.4 Å². The molecule has 0 aliphatic rings. The molecular weight excluding hydrogens is 330 g/mol. The summed E-state index contributed by atoms with van der Waals surface area (Å²) >= 11 is 0. The molecular formula is C12H15N3O5S2. The highest BCUT2D eigenvalue weighted by molar-refractivity contribution is 7.89. The van der Waals surface area contributed by atoms with Gasteiger partial charge in [-0.1, -0.05) is 5.16 Å². The molecule has 8 nitrogen and oxygen atoms in total. The summed E-state index contributed by atoms with van der Waals surface area (Å²) in [6, 6.07) is 4.70. The summed E-state index contributed by atoms with van der Waals surface area (Å²) in [5.41, 5.74) is 0.886. The van der Waals surface area contributed by atoms with E-state index in [1.54, 1.807) is 6.20 Å². The fraction of sp³-hybridized carbons (Fsp3) is 0.250. The van der Waals surface area contributed by atoms with Gasteiger partial charge in [0.05, 0.1) is 16.0 Å². The van der Waals surface area contributed by atoms with Crippen molar-refractivity contribution in [2.45, 2.75) is 22.6 Å². The van der Waals surface area contributed by atoms with Gasteiger partial charge < -0.3 is 4.52 Å². The third-order valence-corrected chi connectivity index (χ3v) is 5.29. The Kier molecular flexibility index (Phi) is 4.96. The first-order valence-electron chi connectivity index (χ1n) is 6.30. The summed E-state index contributed by atoms with van der Waals surface area (Å²) in [5.74, 6) is 0. The molecule has 1 aromatic heterocycles. The zero-order valence-electron chi connectivity index (χ0n) is 11.5. The minimum absolute atomic E-state index is 0.0233. The summed E-state index contributed by atoms with van der Waals surface area (Å²) in [6.07, 6.45) is 4.28. The van der Waals surface area contributed by atoms with Gasteiger partial charge in [-0.3, -0.25) is 0 Å². The first kappa shape index (κ1) is 16.6. The Bertz CT molecular complexity index is 812. The van der Waals surface area contributed by atoms with Crippen molar-refractivity contribution in [2.75, 3.05) is 6.54 Å². The third-order valence-electron chi connectivity index (χ3n) is 2.88. The number of nitrogens with two attached hydrogens (primary N) is 1. The smallest absolute Gasteiger partial charge is 0.240 e. The lowest BCUT2D eigenvalue weighted by atomic mass is 10.2. The highest BCUT2D eigenvalue weighted by Gasteiger charge is 2.15. The zero-order chi connectivity index (χ0) is 16.2. The molecule has 10 heteroatoms. The molecule has 0 bridgehead atoms. The predicted octanol–water partition coefficient (Wildman–Crippen LogP) is 0.233. The van der Waals surface area contributed by atoms with Crippen molar-refractivity contribution in [2.24, 2.45) is 5.14 Å². The molecule has 1 aromatic carbocycles. The number of nitrogens with zero attached hydrogens (tertiary/aromatic N) is 1. The molecule has 0 radical (unpaired) electrons. The standard InChI is InChI=1S/C12H15N3O5S2/c13-21(16,17)11-3-5-12(6-4-11)22(18,19)15-7-1-2-10-8-14-20-9-10/h3-6,8-9,15H,1-2,7H2,(H2,13,16,17). The molecule has 0 spiro atoms. The van der Waals surface area contributed by atoms with Crippen LogP contribution in [-0.4, -0.2) is 28.5 Å². The summed E-state index contributed by atoms with van der Waals surface area (Å²) in [7, 11) is -7.53. The maximum absolute atomic E-state index is 12.0. The van der Waals surface area contributed by atoms with Gasteiger partial charge in [0.15, 0.2) is 0 Å². The SMILES string of the molecule is NS(=O)(=O)c1ccc(S(=O)(=O)NCCCc2cnoc2)cc1. The van der Waals surface area contributed by atoms with Gasteiger partial charge in [0.25, 0.3) is 0 Å². The lowest BCUT2D eigenvalue weighted by Crippen LogP contribution is -2.25. The van der Waals surface area contributed by atoms with E-state index in [1.165, 1.54) is 18.4 Å². The molecule has 0 fully saturated rings. The van der Waals surface area contributed by atoms with Gasteiger partial charge in [0, 0.05) is 12.1 Å². The van der Waals surface area contributed by atoms with Crippen LogP contribution in [0.1, 0.15) is 12.0 Å². The molecule has 0 saturated carbocycles. The maximum Gasteiger partial charge on any atom is 0.240 e. The van der Waals surface area contributed by atoms with Crippen LogP contribution in [0.3, 0.4) is 0 Å². The van der Waals surface area contributed by atoms with Gasteiger partial charge in [0.1, 0.15) is 6.26 Å². The van der Waals surface area contributed by atoms with Crippen molar-refractivity contribution >= 4 is 20.0 Å². The minimum atomic E-state index is -3.84. The first-order valence-corrected chi connectivity index (χ1v) is 9.33. The molecule has 120 valence electrons. The van der Waals surface area contributed by atoms with Crippen LogP contribution in [0.25, 0.3) is 0 Å². The van der Waals surface area contributed by atoms with E-state index in [-0.39, 0.29) is 16.3 Å². The van der Waals surface area contributed by atoms with Crippen LogP contribution in [0.4, 0.5) is 0 Å². The minimum Gasteiger partial charge on any atom is -0.364 e. The van der Waals surface area contributed by atoms with Crippen LogP contribution in [0, 0.1) is 0 Å². The van der Waals surface area contributed by atoms with Gasteiger partial charge in [0.2, 0.25) is 20.0 Å².